The van der Waals surface area contributed by atoms with E-state index in [1.165, 1.54) is 26.3 Å². The predicted molar refractivity (Wildman–Crippen MR) is 83.9 cm³/mol. The first kappa shape index (κ1) is 19.5. The molecule has 1 aliphatic rings. The van der Waals surface area contributed by atoms with E-state index in [0.717, 1.165) is 16.4 Å². The predicted octanol–water partition coefficient (Wildman–Crippen LogP) is 2.89. The Hall–Kier alpha value is -0.870. The van der Waals surface area contributed by atoms with Crippen LogP contribution >= 0.6 is 11.6 Å². The third kappa shape index (κ3) is 4.40. The number of nitrogens with one attached hydrogen (secondary N) is 1. The summed E-state index contributed by atoms with van der Waals surface area (Å²) in [7, 11) is -1.55. The molecule has 136 valence electrons. The summed E-state index contributed by atoms with van der Waals surface area (Å²) in [4.78, 5) is 0. The van der Waals surface area contributed by atoms with Crippen LogP contribution in [-0.2, 0) is 14.9 Å². The van der Waals surface area contributed by atoms with Gasteiger partial charge in [-0.25, -0.2) is 0 Å². The number of rotatable bonds is 6. The molecule has 1 saturated carbocycles. The normalized spacial score (nSPS) is 23.1. The molecule has 0 aromatic heterocycles. The van der Waals surface area contributed by atoms with Crippen LogP contribution in [0.4, 0.5) is 13.2 Å². The Labute approximate surface area is 143 Å². The fraction of sp³-hybridized carbons (Fsp3) is 0.571. The van der Waals surface area contributed by atoms with E-state index in [4.69, 9.17) is 16.3 Å². The standard InChI is InChI=1S/C14H18ClF3N2O3S/c1-20(11-7-12(8-11)23-2)24(21,22)19-13(14(16,17)18)9-3-5-10(15)6-4-9/h3-6,11-13,19H,7-8H2,1-2H3/t11?,12?,13-/m1/s1. The average molecular weight is 387 g/mol. The molecule has 0 radical (unpaired) electrons. The van der Waals surface area contributed by atoms with Gasteiger partial charge in [0.05, 0.1) is 6.10 Å². The van der Waals surface area contributed by atoms with Crippen LogP contribution in [0.25, 0.3) is 0 Å². The minimum absolute atomic E-state index is 0.0673. The molecule has 2 rings (SSSR count). The summed E-state index contributed by atoms with van der Waals surface area (Å²) < 4.78 is 72.3. The summed E-state index contributed by atoms with van der Waals surface area (Å²) in [6, 6.07) is 2.12. The second-order valence-electron chi connectivity index (χ2n) is 5.65. The minimum Gasteiger partial charge on any atom is -0.381 e. The largest absolute Gasteiger partial charge is 0.408 e. The van der Waals surface area contributed by atoms with Crippen molar-refractivity contribution in [1.82, 2.24) is 9.03 Å². The molecule has 0 saturated heterocycles. The van der Waals surface area contributed by atoms with Gasteiger partial charge in [0.15, 0.2) is 0 Å². The quantitative estimate of drug-likeness (QED) is 0.817. The van der Waals surface area contributed by atoms with Gasteiger partial charge in [-0.05, 0) is 30.5 Å². The third-order valence-electron chi connectivity index (χ3n) is 4.09. The smallest absolute Gasteiger partial charge is 0.381 e. The van der Waals surface area contributed by atoms with E-state index < -0.39 is 22.4 Å². The van der Waals surface area contributed by atoms with Gasteiger partial charge in [-0.2, -0.15) is 30.6 Å². The second kappa shape index (κ2) is 7.17. The summed E-state index contributed by atoms with van der Waals surface area (Å²) in [6.45, 7) is 0. The van der Waals surface area contributed by atoms with Gasteiger partial charge in [-0.1, -0.05) is 23.7 Å². The number of hydrogen-bond acceptors (Lipinski definition) is 3. The van der Waals surface area contributed by atoms with E-state index in [2.05, 4.69) is 0 Å². The van der Waals surface area contributed by atoms with Crippen molar-refractivity contribution < 1.29 is 26.3 Å². The van der Waals surface area contributed by atoms with Crippen LogP contribution in [-0.4, -0.2) is 45.2 Å². The number of benzene rings is 1. The SMILES string of the molecule is COC1CC(N(C)S(=O)(=O)N[C@H](c2ccc(Cl)cc2)C(F)(F)F)C1. The molecule has 0 heterocycles. The second-order valence-corrected chi connectivity index (χ2v) is 7.85. The van der Waals surface area contributed by atoms with Crippen LogP contribution in [0.5, 0.6) is 0 Å². The third-order valence-corrected chi connectivity index (χ3v) is 5.94. The molecule has 0 amide bonds. The van der Waals surface area contributed by atoms with Crippen molar-refractivity contribution in [3.63, 3.8) is 0 Å². The van der Waals surface area contributed by atoms with E-state index in [1.807, 2.05) is 0 Å². The molecule has 1 aromatic rings. The highest BCUT2D eigenvalue weighted by Gasteiger charge is 2.45. The first-order chi connectivity index (χ1) is 11.0. The number of ether oxygens (including phenoxy) is 1. The van der Waals surface area contributed by atoms with Crippen LogP contribution in [0.1, 0.15) is 24.4 Å². The van der Waals surface area contributed by atoms with Gasteiger partial charge < -0.3 is 4.74 Å². The highest BCUT2D eigenvalue weighted by atomic mass is 35.5. The Morgan fingerprint density at radius 3 is 2.29 bits per heavy atom. The Morgan fingerprint density at radius 2 is 1.83 bits per heavy atom. The lowest BCUT2D eigenvalue weighted by atomic mass is 9.89. The Morgan fingerprint density at radius 1 is 1.29 bits per heavy atom. The number of nitrogens with zero attached hydrogens (tertiary/aromatic N) is 1. The first-order valence-corrected chi connectivity index (χ1v) is 8.96. The average Bonchev–Trinajstić information content (AvgIpc) is 2.43. The maximum absolute atomic E-state index is 13.3. The zero-order valence-electron chi connectivity index (χ0n) is 13.0. The van der Waals surface area contributed by atoms with Crippen LogP contribution in [0.2, 0.25) is 5.02 Å². The molecule has 1 fully saturated rings. The van der Waals surface area contributed by atoms with E-state index in [1.54, 1.807) is 4.72 Å². The van der Waals surface area contributed by atoms with Gasteiger partial charge in [0.25, 0.3) is 10.2 Å². The number of hydrogen-bond donors (Lipinski definition) is 1. The van der Waals surface area contributed by atoms with Gasteiger partial charge in [-0.15, -0.1) is 0 Å². The lowest BCUT2D eigenvalue weighted by Crippen LogP contribution is -2.53. The summed E-state index contributed by atoms with van der Waals surface area (Å²) in [5.74, 6) is 0. The van der Waals surface area contributed by atoms with Crippen LogP contribution < -0.4 is 4.72 Å². The fourth-order valence-corrected chi connectivity index (χ4v) is 3.86. The van der Waals surface area contributed by atoms with E-state index >= 15 is 0 Å². The minimum atomic E-state index is -4.78. The summed E-state index contributed by atoms with van der Waals surface area (Å²) in [6.07, 6.45) is -3.95. The molecule has 1 atom stereocenters. The van der Waals surface area contributed by atoms with Crippen LogP contribution in [0.3, 0.4) is 0 Å². The summed E-state index contributed by atoms with van der Waals surface area (Å²) in [5.41, 5.74) is -0.229. The van der Waals surface area contributed by atoms with Crippen LogP contribution in [0, 0.1) is 0 Å². The Kier molecular flexibility index (Phi) is 5.81. The van der Waals surface area contributed by atoms with Crippen molar-refractivity contribution >= 4 is 21.8 Å². The molecular weight excluding hydrogens is 369 g/mol. The molecule has 1 N–H and O–H groups in total. The molecular formula is C14H18ClF3N2O3S. The summed E-state index contributed by atoms with van der Waals surface area (Å²) >= 11 is 5.67. The van der Waals surface area contributed by atoms with Crippen molar-refractivity contribution in [2.75, 3.05) is 14.2 Å². The zero-order chi connectivity index (χ0) is 18.1. The van der Waals surface area contributed by atoms with E-state index in [0.29, 0.717) is 12.8 Å². The van der Waals surface area contributed by atoms with Gasteiger partial charge in [0.1, 0.15) is 6.04 Å². The van der Waals surface area contributed by atoms with E-state index in [9.17, 15) is 21.6 Å². The molecule has 10 heteroatoms. The maximum Gasteiger partial charge on any atom is 0.408 e. The molecule has 24 heavy (non-hydrogen) atoms. The maximum atomic E-state index is 13.3. The van der Waals surface area contributed by atoms with Gasteiger partial charge >= 0.3 is 6.18 Å². The first-order valence-electron chi connectivity index (χ1n) is 7.15. The van der Waals surface area contributed by atoms with Gasteiger partial charge in [0.2, 0.25) is 0 Å². The van der Waals surface area contributed by atoms with Crippen LogP contribution in [0.15, 0.2) is 24.3 Å². The van der Waals surface area contributed by atoms with Crippen molar-refractivity contribution in [3.05, 3.63) is 34.9 Å². The van der Waals surface area contributed by atoms with Gasteiger partial charge in [0, 0.05) is 25.2 Å². The Bertz CT molecular complexity index is 661. The van der Waals surface area contributed by atoms with Crippen molar-refractivity contribution in [3.8, 4) is 0 Å². The lowest BCUT2D eigenvalue weighted by Gasteiger charge is -2.40. The summed E-state index contributed by atoms with van der Waals surface area (Å²) in [5, 5.41) is 0.264. The van der Waals surface area contributed by atoms with Crippen molar-refractivity contribution in [1.29, 1.82) is 0 Å². The Balaban J connectivity index is 2.18. The fourth-order valence-electron chi connectivity index (χ4n) is 2.43. The number of methoxy groups -OCH3 is 1. The number of halogens is 4. The molecule has 0 bridgehead atoms. The molecule has 0 unspecified atom stereocenters. The zero-order valence-corrected chi connectivity index (χ0v) is 14.6. The number of alkyl halides is 3. The highest BCUT2D eigenvalue weighted by molar-refractivity contribution is 7.87. The van der Waals surface area contributed by atoms with Crippen molar-refractivity contribution in [2.45, 2.75) is 37.2 Å². The monoisotopic (exact) mass is 386 g/mol. The lowest BCUT2D eigenvalue weighted by molar-refractivity contribution is -0.153. The molecule has 1 aromatic carbocycles. The molecule has 1 aliphatic carbocycles. The van der Waals surface area contributed by atoms with E-state index in [-0.39, 0.29) is 22.7 Å². The molecule has 5 nitrogen and oxygen atoms in total. The topological polar surface area (TPSA) is 58.6 Å². The van der Waals surface area contributed by atoms with Crippen molar-refractivity contribution in [2.24, 2.45) is 0 Å². The highest BCUT2D eigenvalue weighted by Crippen LogP contribution is 2.35. The molecule has 0 spiro atoms. The molecule has 0 aliphatic heterocycles. The van der Waals surface area contributed by atoms with Gasteiger partial charge in [-0.3, -0.25) is 0 Å².